The Morgan fingerprint density at radius 3 is 2.55 bits per heavy atom. The van der Waals surface area contributed by atoms with Gasteiger partial charge in [-0.1, -0.05) is 61.4 Å². The van der Waals surface area contributed by atoms with Crippen molar-refractivity contribution < 1.29 is 0 Å². The molecule has 0 amide bonds. The van der Waals surface area contributed by atoms with E-state index in [2.05, 4.69) is 45.3 Å². The second kappa shape index (κ2) is 6.44. The van der Waals surface area contributed by atoms with Gasteiger partial charge in [0.15, 0.2) is 5.16 Å². The summed E-state index contributed by atoms with van der Waals surface area (Å²) < 4.78 is 2.34. The van der Waals surface area contributed by atoms with Crippen molar-refractivity contribution in [2.24, 2.45) is 0 Å². The molecule has 20 heavy (non-hydrogen) atoms. The molecule has 105 valence electrons. The lowest BCUT2D eigenvalue weighted by Gasteiger charge is -2.25. The van der Waals surface area contributed by atoms with Crippen molar-refractivity contribution in [3.63, 3.8) is 0 Å². The molecule has 0 unspecified atom stereocenters. The lowest BCUT2D eigenvalue weighted by Crippen LogP contribution is -2.16. The zero-order valence-electron chi connectivity index (χ0n) is 11.7. The Bertz CT molecular complexity index is 544. The van der Waals surface area contributed by atoms with E-state index in [1.54, 1.807) is 0 Å². The van der Waals surface area contributed by atoms with Gasteiger partial charge >= 0.3 is 0 Å². The number of thioether (sulfide) groups is 1. The molecular formula is C16H20N3S. The van der Waals surface area contributed by atoms with Crippen molar-refractivity contribution in [3.05, 3.63) is 48.0 Å². The van der Waals surface area contributed by atoms with E-state index in [4.69, 9.17) is 0 Å². The van der Waals surface area contributed by atoms with Gasteiger partial charge in [0.2, 0.25) is 0 Å². The number of hydrogen-bond donors (Lipinski definition) is 0. The maximum atomic E-state index is 4.41. The third-order valence-electron chi connectivity index (χ3n) is 4.01. The van der Waals surface area contributed by atoms with E-state index in [1.165, 1.54) is 49.4 Å². The molecule has 1 aliphatic rings. The molecule has 3 nitrogen and oxygen atoms in total. The molecule has 0 atom stereocenters. The summed E-state index contributed by atoms with van der Waals surface area (Å²) in [7, 11) is 0. The fourth-order valence-electron chi connectivity index (χ4n) is 3.01. The highest BCUT2D eigenvalue weighted by Gasteiger charge is 2.22. The van der Waals surface area contributed by atoms with E-state index in [9.17, 15) is 0 Å². The van der Waals surface area contributed by atoms with Crippen LogP contribution in [0.4, 0.5) is 0 Å². The van der Waals surface area contributed by atoms with Crippen LogP contribution >= 0.6 is 11.8 Å². The van der Waals surface area contributed by atoms with Crippen LogP contribution < -0.4 is 0 Å². The molecule has 2 aromatic rings. The van der Waals surface area contributed by atoms with Gasteiger partial charge in [0.05, 0.1) is 0 Å². The number of rotatable bonds is 4. The minimum Gasteiger partial charge on any atom is -0.303 e. The van der Waals surface area contributed by atoms with Crippen LogP contribution in [0.15, 0.2) is 35.5 Å². The minimum absolute atomic E-state index is 0.557. The molecule has 1 radical (unpaired) electrons. The molecule has 1 aromatic heterocycles. The SMILES string of the molecule is [CH2]Sc1nnc(Cc2ccccc2)n1C1CCCCC1. The van der Waals surface area contributed by atoms with Crippen LogP contribution in [0.1, 0.15) is 49.5 Å². The standard InChI is InChI=1S/C16H20N3S/c1-20-16-18-17-15(12-13-8-4-2-5-9-13)19(16)14-10-6-3-7-11-14/h2,4-5,8-9,14H,1,3,6-7,10-12H2. The van der Waals surface area contributed by atoms with Crippen LogP contribution in [0.2, 0.25) is 0 Å². The van der Waals surface area contributed by atoms with Gasteiger partial charge in [-0.15, -0.1) is 10.2 Å². The van der Waals surface area contributed by atoms with E-state index in [0.717, 1.165) is 17.4 Å². The quantitative estimate of drug-likeness (QED) is 0.787. The summed E-state index contributed by atoms with van der Waals surface area (Å²) in [5, 5.41) is 9.69. The fraction of sp³-hybridized carbons (Fsp3) is 0.438. The molecule has 0 spiro atoms. The number of benzene rings is 1. The molecule has 0 aliphatic heterocycles. The van der Waals surface area contributed by atoms with Crippen LogP contribution in [-0.4, -0.2) is 14.8 Å². The van der Waals surface area contributed by atoms with Crippen LogP contribution in [0.3, 0.4) is 0 Å². The summed E-state index contributed by atoms with van der Waals surface area (Å²) in [6.45, 7) is 0. The third kappa shape index (κ3) is 2.90. The average molecular weight is 286 g/mol. The highest BCUT2D eigenvalue weighted by Crippen LogP contribution is 2.32. The van der Waals surface area contributed by atoms with Gasteiger partial charge in [-0.05, 0) is 18.4 Å². The molecule has 3 rings (SSSR count). The van der Waals surface area contributed by atoms with E-state index >= 15 is 0 Å². The first kappa shape index (κ1) is 13.7. The Labute approximate surface area is 124 Å². The van der Waals surface area contributed by atoms with E-state index < -0.39 is 0 Å². The van der Waals surface area contributed by atoms with Crippen LogP contribution in [0, 0.1) is 6.26 Å². The van der Waals surface area contributed by atoms with Gasteiger partial charge in [-0.3, -0.25) is 0 Å². The molecule has 1 fully saturated rings. The Balaban J connectivity index is 1.88. The Kier molecular flexibility index (Phi) is 4.41. The van der Waals surface area contributed by atoms with Gasteiger partial charge in [-0.25, -0.2) is 0 Å². The largest absolute Gasteiger partial charge is 0.303 e. The normalized spacial score (nSPS) is 16.4. The summed E-state index contributed by atoms with van der Waals surface area (Å²) in [5.74, 6) is 1.08. The molecule has 0 saturated heterocycles. The molecule has 1 saturated carbocycles. The average Bonchev–Trinajstić information content (AvgIpc) is 2.92. The summed E-state index contributed by atoms with van der Waals surface area (Å²) in [4.78, 5) is 0. The smallest absolute Gasteiger partial charge is 0.191 e. The van der Waals surface area contributed by atoms with E-state index in [-0.39, 0.29) is 0 Å². The summed E-state index contributed by atoms with van der Waals surface area (Å²) in [6, 6.07) is 11.1. The molecule has 4 heteroatoms. The first-order chi connectivity index (χ1) is 9.88. The van der Waals surface area contributed by atoms with Crippen molar-refractivity contribution >= 4 is 11.8 Å². The van der Waals surface area contributed by atoms with Gasteiger partial charge in [0, 0.05) is 18.7 Å². The lowest BCUT2D eigenvalue weighted by atomic mass is 9.95. The number of aromatic nitrogens is 3. The Morgan fingerprint density at radius 2 is 1.85 bits per heavy atom. The summed E-state index contributed by atoms with van der Waals surface area (Å²) in [6.07, 6.45) is 11.3. The first-order valence-corrected chi connectivity index (χ1v) is 8.27. The van der Waals surface area contributed by atoms with E-state index in [1.807, 2.05) is 6.07 Å². The van der Waals surface area contributed by atoms with Gasteiger partial charge in [0.25, 0.3) is 0 Å². The van der Waals surface area contributed by atoms with Gasteiger partial charge in [-0.2, -0.15) is 0 Å². The fourth-order valence-corrected chi connectivity index (χ4v) is 3.50. The third-order valence-corrected chi connectivity index (χ3v) is 4.55. The van der Waals surface area contributed by atoms with Crippen molar-refractivity contribution in [1.82, 2.24) is 14.8 Å². The molecule has 0 N–H and O–H groups in total. The second-order valence-corrected chi connectivity index (χ2v) is 6.02. The summed E-state index contributed by atoms with van der Waals surface area (Å²) >= 11 is 1.46. The minimum atomic E-state index is 0.557. The van der Waals surface area contributed by atoms with Crippen molar-refractivity contribution in [1.29, 1.82) is 0 Å². The number of nitrogens with zero attached hydrogens (tertiary/aromatic N) is 3. The maximum absolute atomic E-state index is 4.41. The molecule has 1 heterocycles. The Hall–Kier alpha value is -1.29. The Morgan fingerprint density at radius 1 is 1.10 bits per heavy atom. The monoisotopic (exact) mass is 286 g/mol. The topological polar surface area (TPSA) is 30.7 Å². The summed E-state index contributed by atoms with van der Waals surface area (Å²) in [5.41, 5.74) is 1.29. The van der Waals surface area contributed by atoms with Gasteiger partial charge in [0.1, 0.15) is 5.82 Å². The molecule has 0 bridgehead atoms. The second-order valence-electron chi connectivity index (χ2n) is 5.37. The lowest BCUT2D eigenvalue weighted by molar-refractivity contribution is 0.330. The van der Waals surface area contributed by atoms with E-state index in [0.29, 0.717) is 6.04 Å². The highest BCUT2D eigenvalue weighted by molar-refractivity contribution is 8.00. The van der Waals surface area contributed by atoms with Crippen LogP contribution in [0.25, 0.3) is 0 Å². The van der Waals surface area contributed by atoms with Crippen molar-refractivity contribution in [3.8, 4) is 0 Å². The van der Waals surface area contributed by atoms with Crippen molar-refractivity contribution in [2.45, 2.75) is 49.7 Å². The molecule has 1 aromatic carbocycles. The van der Waals surface area contributed by atoms with Gasteiger partial charge < -0.3 is 4.57 Å². The zero-order chi connectivity index (χ0) is 13.8. The van der Waals surface area contributed by atoms with Crippen molar-refractivity contribution in [2.75, 3.05) is 0 Å². The first-order valence-electron chi connectivity index (χ1n) is 7.28. The predicted molar refractivity (Wildman–Crippen MR) is 82.6 cm³/mol. The van der Waals surface area contributed by atoms with Crippen LogP contribution in [0.5, 0.6) is 0 Å². The molecular weight excluding hydrogens is 266 g/mol. The van der Waals surface area contributed by atoms with Crippen LogP contribution in [-0.2, 0) is 6.42 Å². The number of hydrogen-bond acceptors (Lipinski definition) is 3. The predicted octanol–water partition coefficient (Wildman–Crippen LogP) is 4.26. The highest BCUT2D eigenvalue weighted by atomic mass is 32.2. The zero-order valence-corrected chi connectivity index (χ0v) is 12.5. The molecule has 1 aliphatic carbocycles. The maximum Gasteiger partial charge on any atom is 0.191 e.